The summed E-state index contributed by atoms with van der Waals surface area (Å²) >= 11 is 0.981. The second-order valence-corrected chi connectivity index (χ2v) is 8.36. The molecule has 0 atom stereocenters. The lowest BCUT2D eigenvalue weighted by molar-refractivity contribution is -0.384. The first-order valence-corrected chi connectivity index (χ1v) is 10.7. The Labute approximate surface area is 182 Å². The number of anilines is 2. The fourth-order valence-corrected chi connectivity index (χ4v) is 4.72. The molecule has 0 bridgehead atoms. The Bertz CT molecular complexity index is 1030. The first kappa shape index (κ1) is 22.4. The van der Waals surface area contributed by atoms with Crippen LogP contribution in [0.2, 0.25) is 0 Å². The number of thiophene rings is 1. The van der Waals surface area contributed by atoms with Crippen molar-refractivity contribution in [2.45, 2.75) is 39.0 Å². The van der Waals surface area contributed by atoms with E-state index >= 15 is 0 Å². The maximum Gasteiger partial charge on any atom is 0.341 e. The van der Waals surface area contributed by atoms with Crippen LogP contribution in [-0.2, 0) is 9.53 Å². The number of methoxy groups -OCH3 is 1. The number of nitro benzene ring substituents is 1. The Balaban J connectivity index is 1.87. The quantitative estimate of drug-likeness (QED) is 0.382. The van der Waals surface area contributed by atoms with Gasteiger partial charge in [-0.1, -0.05) is 25.3 Å². The van der Waals surface area contributed by atoms with Crippen molar-refractivity contribution in [2.24, 2.45) is 5.92 Å². The summed E-state index contributed by atoms with van der Waals surface area (Å²) in [6.45, 7) is 1.60. The Hall–Kier alpha value is -3.27. The van der Waals surface area contributed by atoms with Crippen LogP contribution in [0.4, 0.5) is 16.4 Å². The number of benzene rings is 1. The van der Waals surface area contributed by atoms with Crippen LogP contribution in [0.5, 0.6) is 0 Å². The summed E-state index contributed by atoms with van der Waals surface area (Å²) in [5.41, 5.74) is 0.607. The van der Waals surface area contributed by atoms with Crippen LogP contribution in [0.1, 0.15) is 57.7 Å². The van der Waals surface area contributed by atoms with E-state index in [0.29, 0.717) is 5.56 Å². The number of ether oxygens (including phenoxy) is 1. The molecule has 9 nitrogen and oxygen atoms in total. The van der Waals surface area contributed by atoms with Crippen molar-refractivity contribution in [1.29, 1.82) is 0 Å². The van der Waals surface area contributed by atoms with Gasteiger partial charge in [-0.05, 0) is 31.4 Å². The average Bonchev–Trinajstić information content (AvgIpc) is 3.09. The number of carbonyl (C=O) groups excluding carboxylic acids is 3. The van der Waals surface area contributed by atoms with Gasteiger partial charge in [0.1, 0.15) is 5.00 Å². The molecule has 1 aromatic carbocycles. The lowest BCUT2D eigenvalue weighted by atomic mass is 9.89. The van der Waals surface area contributed by atoms with Crippen LogP contribution in [0, 0.1) is 23.0 Å². The Kier molecular flexibility index (Phi) is 7.01. The maximum atomic E-state index is 12.8. The van der Waals surface area contributed by atoms with Gasteiger partial charge in [-0.2, -0.15) is 0 Å². The van der Waals surface area contributed by atoms with Gasteiger partial charge in [-0.3, -0.25) is 19.7 Å². The van der Waals surface area contributed by atoms with Crippen molar-refractivity contribution in [3.8, 4) is 0 Å². The molecule has 1 aliphatic carbocycles. The third-order valence-electron chi connectivity index (χ3n) is 5.27. The minimum Gasteiger partial charge on any atom is -0.465 e. The van der Waals surface area contributed by atoms with Gasteiger partial charge in [0, 0.05) is 23.7 Å². The topological polar surface area (TPSA) is 128 Å². The number of amides is 2. The number of esters is 1. The lowest BCUT2D eigenvalue weighted by Gasteiger charge is -2.20. The summed E-state index contributed by atoms with van der Waals surface area (Å²) in [6.07, 6.45) is 4.68. The molecule has 1 saturated carbocycles. The van der Waals surface area contributed by atoms with Crippen LogP contribution in [0.15, 0.2) is 24.3 Å². The van der Waals surface area contributed by atoms with Crippen LogP contribution < -0.4 is 10.6 Å². The zero-order valence-electron chi connectivity index (χ0n) is 17.2. The van der Waals surface area contributed by atoms with Crippen molar-refractivity contribution >= 4 is 45.5 Å². The van der Waals surface area contributed by atoms with E-state index in [0.717, 1.165) is 43.4 Å². The fourth-order valence-electron chi connectivity index (χ4n) is 3.63. The Morgan fingerprint density at radius 3 is 2.52 bits per heavy atom. The van der Waals surface area contributed by atoms with Gasteiger partial charge in [0.15, 0.2) is 0 Å². The fraction of sp³-hybridized carbons (Fsp3) is 0.381. The van der Waals surface area contributed by atoms with E-state index in [9.17, 15) is 24.5 Å². The standard InChI is InChI=1S/C21H23N3O6S/c1-12-16(21(27)30-2)20(23-18(25)13-7-4-3-5-8-13)31-17(12)19(26)22-14-9-6-10-15(11-14)24(28)29/h6,9-11,13H,3-5,7-8H2,1-2H3,(H,22,26)(H,23,25). The molecule has 0 unspecified atom stereocenters. The van der Waals surface area contributed by atoms with Gasteiger partial charge in [0.2, 0.25) is 5.91 Å². The lowest BCUT2D eigenvalue weighted by Crippen LogP contribution is -2.25. The van der Waals surface area contributed by atoms with Crippen LogP contribution in [0.25, 0.3) is 0 Å². The number of nitrogens with one attached hydrogen (secondary N) is 2. The monoisotopic (exact) mass is 445 g/mol. The maximum absolute atomic E-state index is 12.8. The molecular formula is C21H23N3O6S. The third-order valence-corrected chi connectivity index (χ3v) is 6.48. The van der Waals surface area contributed by atoms with Crippen molar-refractivity contribution in [1.82, 2.24) is 0 Å². The first-order chi connectivity index (χ1) is 14.8. The van der Waals surface area contributed by atoms with E-state index < -0.39 is 16.8 Å². The number of nitro groups is 1. The van der Waals surface area contributed by atoms with Crippen molar-refractivity contribution in [3.63, 3.8) is 0 Å². The Morgan fingerprint density at radius 2 is 1.87 bits per heavy atom. The van der Waals surface area contributed by atoms with Crippen LogP contribution in [-0.4, -0.2) is 29.8 Å². The molecule has 2 aromatic rings. The molecule has 0 saturated heterocycles. The number of carbonyl (C=O) groups is 3. The zero-order valence-corrected chi connectivity index (χ0v) is 18.0. The van der Waals surface area contributed by atoms with Crippen LogP contribution >= 0.6 is 11.3 Å². The molecule has 0 spiro atoms. The molecule has 0 aliphatic heterocycles. The summed E-state index contributed by atoms with van der Waals surface area (Å²) in [5, 5.41) is 16.6. The molecular weight excluding hydrogens is 422 g/mol. The highest BCUT2D eigenvalue weighted by Crippen LogP contribution is 2.35. The van der Waals surface area contributed by atoms with Crippen molar-refractivity contribution in [2.75, 3.05) is 17.7 Å². The number of non-ortho nitro benzene ring substituents is 1. The molecule has 1 heterocycles. The number of hydrogen-bond donors (Lipinski definition) is 2. The zero-order chi connectivity index (χ0) is 22.5. The summed E-state index contributed by atoms with van der Waals surface area (Å²) in [7, 11) is 1.23. The SMILES string of the molecule is COC(=O)c1c(NC(=O)C2CCCCC2)sc(C(=O)Nc2cccc([N+](=O)[O-])c2)c1C. The number of rotatable bonds is 6. The molecule has 1 aliphatic rings. The minimum absolute atomic E-state index is 0.121. The van der Waals surface area contributed by atoms with Crippen molar-refractivity contribution in [3.05, 3.63) is 50.4 Å². The summed E-state index contributed by atoms with van der Waals surface area (Å²) in [4.78, 5) is 48.5. The van der Waals surface area contributed by atoms with E-state index in [4.69, 9.17) is 4.74 Å². The van der Waals surface area contributed by atoms with Gasteiger partial charge in [0.25, 0.3) is 11.6 Å². The predicted octanol–water partition coefficient (Wildman–Crippen LogP) is 4.52. The molecule has 31 heavy (non-hydrogen) atoms. The van der Waals surface area contributed by atoms with E-state index in [1.165, 1.54) is 31.4 Å². The second-order valence-electron chi connectivity index (χ2n) is 7.34. The van der Waals surface area contributed by atoms with E-state index in [-0.39, 0.29) is 38.6 Å². The molecule has 2 amide bonds. The van der Waals surface area contributed by atoms with Crippen molar-refractivity contribution < 1.29 is 24.0 Å². The summed E-state index contributed by atoms with van der Waals surface area (Å²) in [6, 6.07) is 5.56. The van der Waals surface area contributed by atoms with Gasteiger partial charge >= 0.3 is 5.97 Å². The average molecular weight is 445 g/mol. The highest BCUT2D eigenvalue weighted by atomic mass is 32.1. The predicted molar refractivity (Wildman–Crippen MR) is 117 cm³/mol. The second kappa shape index (κ2) is 9.69. The highest BCUT2D eigenvalue weighted by molar-refractivity contribution is 7.18. The summed E-state index contributed by atoms with van der Waals surface area (Å²) in [5.74, 6) is -1.48. The normalized spacial score (nSPS) is 14.0. The van der Waals surface area contributed by atoms with E-state index in [1.54, 1.807) is 6.92 Å². The smallest absolute Gasteiger partial charge is 0.341 e. The van der Waals surface area contributed by atoms with Crippen LogP contribution in [0.3, 0.4) is 0 Å². The van der Waals surface area contributed by atoms with Gasteiger partial charge in [-0.15, -0.1) is 11.3 Å². The third kappa shape index (κ3) is 5.08. The molecule has 1 fully saturated rings. The van der Waals surface area contributed by atoms with E-state index in [1.807, 2.05) is 0 Å². The molecule has 0 radical (unpaired) electrons. The first-order valence-electron chi connectivity index (χ1n) is 9.90. The molecule has 10 heteroatoms. The Morgan fingerprint density at radius 1 is 1.16 bits per heavy atom. The summed E-state index contributed by atoms with van der Waals surface area (Å²) < 4.78 is 4.85. The largest absolute Gasteiger partial charge is 0.465 e. The molecule has 164 valence electrons. The van der Waals surface area contributed by atoms with Gasteiger partial charge in [0.05, 0.1) is 22.5 Å². The molecule has 3 rings (SSSR count). The number of hydrogen-bond acceptors (Lipinski definition) is 7. The molecule has 2 N–H and O–H groups in total. The minimum atomic E-state index is -0.651. The molecule has 1 aromatic heterocycles. The van der Waals surface area contributed by atoms with Gasteiger partial charge in [-0.25, -0.2) is 4.79 Å². The highest BCUT2D eigenvalue weighted by Gasteiger charge is 2.29. The van der Waals surface area contributed by atoms with E-state index in [2.05, 4.69) is 10.6 Å². The number of nitrogens with zero attached hydrogens (tertiary/aromatic N) is 1. The van der Waals surface area contributed by atoms with Gasteiger partial charge < -0.3 is 15.4 Å².